The van der Waals surface area contributed by atoms with E-state index in [1.54, 1.807) is 12.1 Å². The van der Waals surface area contributed by atoms with Gasteiger partial charge in [-0.15, -0.1) is 0 Å². The molecule has 2 saturated heterocycles. The molecule has 2 atom stereocenters. The van der Waals surface area contributed by atoms with E-state index in [0.29, 0.717) is 39.1 Å². The Hall–Kier alpha value is -1.55. The van der Waals surface area contributed by atoms with Crippen molar-refractivity contribution in [2.75, 3.05) is 45.6 Å². The quantitative estimate of drug-likeness (QED) is 0.763. The monoisotopic (exact) mass is 399 g/mol. The lowest BCUT2D eigenvalue weighted by Crippen LogP contribution is -2.49. The predicted octanol–water partition coefficient (Wildman–Crippen LogP) is 0.739. The van der Waals surface area contributed by atoms with E-state index in [2.05, 4.69) is 10.2 Å². The van der Waals surface area contributed by atoms with Gasteiger partial charge in [-0.2, -0.15) is 4.31 Å². The van der Waals surface area contributed by atoms with Gasteiger partial charge in [0.25, 0.3) is 0 Å². The van der Waals surface area contributed by atoms with Crippen LogP contribution in [-0.4, -0.2) is 75.2 Å². The number of nitrogens with zero attached hydrogens (tertiary/aromatic N) is 2. The van der Waals surface area contributed by atoms with Crippen molar-refractivity contribution in [2.45, 2.75) is 24.9 Å². The van der Waals surface area contributed by atoms with Gasteiger partial charge in [0.15, 0.2) is 0 Å². The topological polar surface area (TPSA) is 79.0 Å². The molecule has 9 heteroatoms. The predicted molar refractivity (Wildman–Crippen MR) is 99.1 cm³/mol. The van der Waals surface area contributed by atoms with Gasteiger partial charge < -0.3 is 10.1 Å². The number of halogens is 1. The molecule has 0 aromatic heterocycles. The highest BCUT2D eigenvalue weighted by Gasteiger charge is 2.36. The van der Waals surface area contributed by atoms with Crippen LogP contribution in [0.15, 0.2) is 24.3 Å². The number of rotatable bonds is 6. The van der Waals surface area contributed by atoms with Gasteiger partial charge in [-0.3, -0.25) is 9.69 Å². The molecule has 150 valence electrons. The van der Waals surface area contributed by atoms with Crippen LogP contribution in [0.4, 0.5) is 4.39 Å². The maximum absolute atomic E-state index is 13.3. The van der Waals surface area contributed by atoms with Crippen molar-refractivity contribution < 1.29 is 22.3 Å². The molecule has 0 aliphatic carbocycles. The lowest BCUT2D eigenvalue weighted by molar-refractivity contribution is -0.124. The normalized spacial score (nSPS) is 23.3. The Kier molecular flexibility index (Phi) is 6.46. The largest absolute Gasteiger partial charge is 0.379 e. The summed E-state index contributed by atoms with van der Waals surface area (Å²) in [7, 11) is -3.41. The van der Waals surface area contributed by atoms with Gasteiger partial charge in [0.2, 0.25) is 15.9 Å². The second-order valence-electron chi connectivity index (χ2n) is 6.99. The van der Waals surface area contributed by atoms with Crippen molar-refractivity contribution in [1.29, 1.82) is 0 Å². The molecule has 1 amide bonds. The molecule has 27 heavy (non-hydrogen) atoms. The van der Waals surface area contributed by atoms with Crippen molar-refractivity contribution in [2.24, 2.45) is 0 Å². The van der Waals surface area contributed by atoms with Crippen molar-refractivity contribution >= 4 is 15.9 Å². The summed E-state index contributed by atoms with van der Waals surface area (Å²) < 4.78 is 43.7. The van der Waals surface area contributed by atoms with Crippen LogP contribution in [-0.2, 0) is 19.6 Å². The summed E-state index contributed by atoms with van der Waals surface area (Å²) in [6.45, 7) is 3.36. The second kappa shape index (κ2) is 8.64. The van der Waals surface area contributed by atoms with E-state index in [0.717, 1.165) is 24.9 Å². The molecule has 2 aliphatic rings. The smallest absolute Gasteiger partial charge is 0.238 e. The minimum Gasteiger partial charge on any atom is -0.379 e. The first-order valence-electron chi connectivity index (χ1n) is 9.18. The third kappa shape index (κ3) is 5.04. The highest BCUT2D eigenvalue weighted by molar-refractivity contribution is 7.88. The van der Waals surface area contributed by atoms with Crippen LogP contribution in [0.2, 0.25) is 0 Å². The number of carbonyl (C=O) groups is 1. The van der Waals surface area contributed by atoms with Crippen LogP contribution >= 0.6 is 0 Å². The van der Waals surface area contributed by atoms with Crippen molar-refractivity contribution in [1.82, 2.24) is 14.5 Å². The van der Waals surface area contributed by atoms with Gasteiger partial charge in [-0.05, 0) is 30.5 Å². The molecule has 1 aromatic carbocycles. The van der Waals surface area contributed by atoms with Crippen LogP contribution in [0.3, 0.4) is 0 Å². The minimum absolute atomic E-state index is 0.119. The number of nitrogens with one attached hydrogen (secondary N) is 1. The number of sulfonamides is 1. The summed E-state index contributed by atoms with van der Waals surface area (Å²) in [6, 6.07) is 5.49. The SMILES string of the molecule is CS(=O)(=O)N1CCCC1C(=O)NCC(c1ccc(F)cc1)N1CCOCC1. The van der Waals surface area contributed by atoms with Crippen molar-refractivity contribution in [3.63, 3.8) is 0 Å². The van der Waals surface area contributed by atoms with Gasteiger partial charge in [0, 0.05) is 26.2 Å². The number of hydrogen-bond donors (Lipinski definition) is 1. The van der Waals surface area contributed by atoms with Crippen LogP contribution in [0, 0.1) is 5.82 Å². The van der Waals surface area contributed by atoms with E-state index in [9.17, 15) is 17.6 Å². The summed E-state index contributed by atoms with van der Waals surface area (Å²) in [5.74, 6) is -0.587. The van der Waals surface area contributed by atoms with Crippen LogP contribution in [0.25, 0.3) is 0 Å². The Bertz CT molecular complexity index is 750. The van der Waals surface area contributed by atoms with Crippen LogP contribution in [0.5, 0.6) is 0 Å². The second-order valence-corrected chi connectivity index (χ2v) is 8.93. The summed E-state index contributed by atoms with van der Waals surface area (Å²) in [4.78, 5) is 14.8. The zero-order chi connectivity index (χ0) is 19.4. The first-order chi connectivity index (χ1) is 12.9. The maximum atomic E-state index is 13.3. The first kappa shape index (κ1) is 20.2. The molecule has 0 saturated carbocycles. The molecular weight excluding hydrogens is 373 g/mol. The van der Waals surface area contributed by atoms with Gasteiger partial charge in [0.1, 0.15) is 11.9 Å². The Morgan fingerprint density at radius 3 is 2.56 bits per heavy atom. The minimum atomic E-state index is -3.41. The first-order valence-corrected chi connectivity index (χ1v) is 11.0. The zero-order valence-corrected chi connectivity index (χ0v) is 16.3. The van der Waals surface area contributed by atoms with Gasteiger partial charge in [-0.25, -0.2) is 12.8 Å². The molecule has 0 spiro atoms. The summed E-state index contributed by atoms with van der Waals surface area (Å²) in [5, 5.41) is 2.92. The standard InChI is InChI=1S/C18H26FN3O4S/c1-27(24,25)22-8-2-3-16(22)18(23)20-13-17(21-9-11-26-12-10-21)14-4-6-15(19)7-5-14/h4-7,16-17H,2-3,8-13H2,1H3,(H,20,23). The van der Waals surface area contributed by atoms with E-state index in [4.69, 9.17) is 4.74 Å². The molecule has 3 rings (SSSR count). The molecule has 2 unspecified atom stereocenters. The fourth-order valence-electron chi connectivity index (χ4n) is 3.75. The molecule has 2 aliphatic heterocycles. The summed E-state index contributed by atoms with van der Waals surface area (Å²) >= 11 is 0. The Morgan fingerprint density at radius 2 is 1.93 bits per heavy atom. The number of hydrogen-bond acceptors (Lipinski definition) is 5. The van der Waals surface area contributed by atoms with Crippen LogP contribution in [0.1, 0.15) is 24.4 Å². The average molecular weight is 399 g/mol. The Labute approximate surface area is 159 Å². The number of amides is 1. The highest BCUT2D eigenvalue weighted by atomic mass is 32.2. The Balaban J connectivity index is 1.70. The molecule has 0 radical (unpaired) electrons. The molecule has 2 fully saturated rings. The third-order valence-electron chi connectivity index (χ3n) is 5.14. The van der Waals surface area contributed by atoms with Gasteiger partial charge >= 0.3 is 0 Å². The van der Waals surface area contributed by atoms with E-state index in [1.165, 1.54) is 16.4 Å². The van der Waals surface area contributed by atoms with E-state index >= 15 is 0 Å². The number of carbonyl (C=O) groups excluding carboxylic acids is 1. The van der Waals surface area contributed by atoms with Crippen molar-refractivity contribution in [3.05, 3.63) is 35.6 Å². The van der Waals surface area contributed by atoms with Crippen molar-refractivity contribution in [3.8, 4) is 0 Å². The third-order valence-corrected chi connectivity index (χ3v) is 6.43. The number of benzene rings is 1. The lowest BCUT2D eigenvalue weighted by Gasteiger charge is -2.35. The van der Waals surface area contributed by atoms with E-state index in [-0.39, 0.29) is 17.8 Å². The molecule has 1 aromatic rings. The molecular formula is C18H26FN3O4S. The summed E-state index contributed by atoms with van der Waals surface area (Å²) in [5.41, 5.74) is 0.907. The van der Waals surface area contributed by atoms with E-state index < -0.39 is 16.1 Å². The fourth-order valence-corrected chi connectivity index (χ4v) is 4.87. The molecule has 2 heterocycles. The van der Waals surface area contributed by atoms with E-state index in [1.807, 2.05) is 0 Å². The highest BCUT2D eigenvalue weighted by Crippen LogP contribution is 2.23. The molecule has 1 N–H and O–H groups in total. The average Bonchev–Trinajstić information content (AvgIpc) is 3.14. The maximum Gasteiger partial charge on any atom is 0.238 e. The molecule has 0 bridgehead atoms. The van der Waals surface area contributed by atoms with Gasteiger partial charge in [0.05, 0.1) is 25.5 Å². The zero-order valence-electron chi connectivity index (χ0n) is 15.4. The van der Waals surface area contributed by atoms with Crippen LogP contribution < -0.4 is 5.32 Å². The number of morpholine rings is 1. The summed E-state index contributed by atoms with van der Waals surface area (Å²) in [6.07, 6.45) is 2.33. The van der Waals surface area contributed by atoms with Gasteiger partial charge in [-0.1, -0.05) is 12.1 Å². The Morgan fingerprint density at radius 1 is 1.26 bits per heavy atom. The fraction of sp³-hybridized carbons (Fsp3) is 0.611. The number of ether oxygens (including phenoxy) is 1. The molecule has 7 nitrogen and oxygen atoms in total. The lowest BCUT2D eigenvalue weighted by atomic mass is 10.0.